The van der Waals surface area contributed by atoms with Crippen LogP contribution in [0.5, 0.6) is 0 Å². The molecule has 4 heteroatoms. The molecule has 1 saturated heterocycles. The Labute approximate surface area is 102 Å². The Morgan fingerprint density at radius 3 is 3.12 bits per heavy atom. The van der Waals surface area contributed by atoms with Gasteiger partial charge in [0.1, 0.15) is 5.82 Å². The Morgan fingerprint density at radius 1 is 1.59 bits per heavy atom. The molecule has 0 amide bonds. The van der Waals surface area contributed by atoms with Gasteiger partial charge in [-0.25, -0.2) is 4.98 Å². The lowest BCUT2D eigenvalue weighted by Crippen LogP contribution is -2.38. The third-order valence-corrected chi connectivity index (χ3v) is 3.34. The SMILES string of the molecule is CC(O)c1cccnc1N1CCCC(CO)C1. The zero-order chi connectivity index (χ0) is 12.3. The molecule has 0 spiro atoms. The smallest absolute Gasteiger partial charge is 0.134 e. The monoisotopic (exact) mass is 236 g/mol. The average Bonchev–Trinajstić information content (AvgIpc) is 2.39. The summed E-state index contributed by atoms with van der Waals surface area (Å²) in [6.07, 6.45) is 3.39. The average molecular weight is 236 g/mol. The highest BCUT2D eigenvalue weighted by Crippen LogP contribution is 2.27. The van der Waals surface area contributed by atoms with Crippen molar-refractivity contribution in [1.82, 2.24) is 4.98 Å². The number of anilines is 1. The minimum atomic E-state index is -0.506. The minimum Gasteiger partial charge on any atom is -0.396 e. The Kier molecular flexibility index (Phi) is 3.97. The van der Waals surface area contributed by atoms with Gasteiger partial charge in [-0.1, -0.05) is 6.07 Å². The number of hydrogen-bond acceptors (Lipinski definition) is 4. The molecule has 4 nitrogen and oxygen atoms in total. The first-order valence-electron chi connectivity index (χ1n) is 6.21. The fraction of sp³-hybridized carbons (Fsp3) is 0.615. The maximum absolute atomic E-state index is 9.74. The summed E-state index contributed by atoms with van der Waals surface area (Å²) in [6.45, 7) is 3.77. The van der Waals surface area contributed by atoms with E-state index in [9.17, 15) is 10.2 Å². The summed E-state index contributed by atoms with van der Waals surface area (Å²) < 4.78 is 0. The molecule has 17 heavy (non-hydrogen) atoms. The summed E-state index contributed by atoms with van der Waals surface area (Å²) in [6, 6.07) is 3.76. The van der Waals surface area contributed by atoms with E-state index in [2.05, 4.69) is 9.88 Å². The highest BCUT2D eigenvalue weighted by molar-refractivity contribution is 5.48. The van der Waals surface area contributed by atoms with Crippen LogP contribution in [0.1, 0.15) is 31.4 Å². The van der Waals surface area contributed by atoms with Crippen molar-refractivity contribution in [3.05, 3.63) is 23.9 Å². The Morgan fingerprint density at radius 2 is 2.41 bits per heavy atom. The summed E-state index contributed by atoms with van der Waals surface area (Å²) in [5.74, 6) is 1.19. The predicted molar refractivity (Wildman–Crippen MR) is 66.9 cm³/mol. The molecule has 0 radical (unpaired) electrons. The van der Waals surface area contributed by atoms with E-state index in [1.54, 1.807) is 13.1 Å². The number of aliphatic hydroxyl groups is 2. The van der Waals surface area contributed by atoms with E-state index in [1.807, 2.05) is 12.1 Å². The zero-order valence-electron chi connectivity index (χ0n) is 10.2. The van der Waals surface area contributed by atoms with Crippen molar-refractivity contribution in [1.29, 1.82) is 0 Å². The predicted octanol–water partition coefficient (Wildman–Crippen LogP) is 1.34. The molecule has 1 fully saturated rings. The number of hydrogen-bond donors (Lipinski definition) is 2. The molecule has 2 unspecified atom stereocenters. The van der Waals surface area contributed by atoms with Gasteiger partial charge in [-0.15, -0.1) is 0 Å². The first-order chi connectivity index (χ1) is 8.22. The van der Waals surface area contributed by atoms with Crippen LogP contribution >= 0.6 is 0 Å². The lowest BCUT2D eigenvalue weighted by molar-refractivity contribution is 0.196. The second-order valence-corrected chi connectivity index (χ2v) is 4.73. The van der Waals surface area contributed by atoms with Gasteiger partial charge in [0.2, 0.25) is 0 Å². The number of piperidine rings is 1. The number of nitrogens with zero attached hydrogens (tertiary/aromatic N) is 2. The molecule has 0 bridgehead atoms. The summed E-state index contributed by atoms with van der Waals surface area (Å²) in [5, 5.41) is 19.0. The van der Waals surface area contributed by atoms with E-state index >= 15 is 0 Å². The summed E-state index contributed by atoms with van der Waals surface area (Å²) >= 11 is 0. The van der Waals surface area contributed by atoms with Gasteiger partial charge in [0.15, 0.2) is 0 Å². The van der Waals surface area contributed by atoms with E-state index in [1.165, 1.54) is 0 Å². The summed E-state index contributed by atoms with van der Waals surface area (Å²) in [5.41, 5.74) is 0.867. The van der Waals surface area contributed by atoms with Gasteiger partial charge in [0.25, 0.3) is 0 Å². The fourth-order valence-corrected chi connectivity index (χ4v) is 2.41. The molecular weight excluding hydrogens is 216 g/mol. The number of aromatic nitrogens is 1. The van der Waals surface area contributed by atoms with Crippen LogP contribution in [0.3, 0.4) is 0 Å². The van der Waals surface area contributed by atoms with Crippen molar-refractivity contribution in [3.63, 3.8) is 0 Å². The summed E-state index contributed by atoms with van der Waals surface area (Å²) in [4.78, 5) is 6.55. The molecule has 1 aliphatic heterocycles. The number of rotatable bonds is 3. The van der Waals surface area contributed by atoms with Crippen molar-refractivity contribution >= 4 is 5.82 Å². The van der Waals surface area contributed by atoms with E-state index in [4.69, 9.17) is 0 Å². The Hall–Kier alpha value is -1.13. The lowest BCUT2D eigenvalue weighted by Gasteiger charge is -2.34. The van der Waals surface area contributed by atoms with E-state index in [0.29, 0.717) is 5.92 Å². The van der Waals surface area contributed by atoms with Gasteiger partial charge in [0.05, 0.1) is 6.10 Å². The van der Waals surface area contributed by atoms with Crippen molar-refractivity contribution < 1.29 is 10.2 Å². The molecule has 0 aromatic carbocycles. The van der Waals surface area contributed by atoms with Crippen LogP contribution < -0.4 is 4.90 Å². The Balaban J connectivity index is 2.21. The van der Waals surface area contributed by atoms with Crippen molar-refractivity contribution in [2.24, 2.45) is 5.92 Å². The molecule has 94 valence electrons. The molecule has 0 aliphatic carbocycles. The first-order valence-corrected chi connectivity index (χ1v) is 6.21. The lowest BCUT2D eigenvalue weighted by atomic mass is 9.98. The Bertz CT molecular complexity index is 368. The van der Waals surface area contributed by atoms with Crippen LogP contribution in [0.15, 0.2) is 18.3 Å². The van der Waals surface area contributed by atoms with Gasteiger partial charge < -0.3 is 15.1 Å². The maximum Gasteiger partial charge on any atom is 0.134 e. The van der Waals surface area contributed by atoms with Gasteiger partial charge in [-0.2, -0.15) is 0 Å². The van der Waals surface area contributed by atoms with Crippen molar-refractivity contribution in [2.75, 3.05) is 24.6 Å². The third kappa shape index (κ3) is 2.76. The highest BCUT2D eigenvalue weighted by Gasteiger charge is 2.22. The normalized spacial score (nSPS) is 22.5. The molecule has 1 aliphatic rings. The van der Waals surface area contributed by atoms with Gasteiger partial charge >= 0.3 is 0 Å². The van der Waals surface area contributed by atoms with Crippen LogP contribution in [-0.2, 0) is 0 Å². The summed E-state index contributed by atoms with van der Waals surface area (Å²) in [7, 11) is 0. The molecule has 2 heterocycles. The van der Waals surface area contributed by atoms with Crippen LogP contribution in [0.2, 0.25) is 0 Å². The van der Waals surface area contributed by atoms with Gasteiger partial charge in [-0.05, 0) is 31.7 Å². The highest BCUT2D eigenvalue weighted by atomic mass is 16.3. The van der Waals surface area contributed by atoms with E-state index in [-0.39, 0.29) is 6.61 Å². The second-order valence-electron chi connectivity index (χ2n) is 4.73. The topological polar surface area (TPSA) is 56.6 Å². The van der Waals surface area contributed by atoms with Gasteiger partial charge in [-0.3, -0.25) is 0 Å². The quantitative estimate of drug-likeness (QED) is 0.831. The molecule has 2 N–H and O–H groups in total. The van der Waals surface area contributed by atoms with Crippen molar-refractivity contribution in [3.8, 4) is 0 Å². The molecule has 1 aromatic heterocycles. The largest absolute Gasteiger partial charge is 0.396 e. The van der Waals surface area contributed by atoms with Crippen LogP contribution in [0.4, 0.5) is 5.82 Å². The molecule has 1 aromatic rings. The second kappa shape index (κ2) is 5.47. The molecule has 0 saturated carbocycles. The molecule has 2 atom stereocenters. The van der Waals surface area contributed by atoms with Crippen LogP contribution in [0.25, 0.3) is 0 Å². The number of pyridine rings is 1. The van der Waals surface area contributed by atoms with Crippen LogP contribution in [0, 0.1) is 5.92 Å². The fourth-order valence-electron chi connectivity index (χ4n) is 2.41. The minimum absolute atomic E-state index is 0.230. The third-order valence-electron chi connectivity index (χ3n) is 3.34. The molecular formula is C13H20N2O2. The zero-order valence-corrected chi connectivity index (χ0v) is 10.2. The van der Waals surface area contributed by atoms with Crippen LogP contribution in [-0.4, -0.2) is 34.9 Å². The maximum atomic E-state index is 9.74. The van der Waals surface area contributed by atoms with Crippen molar-refractivity contribution in [2.45, 2.75) is 25.9 Å². The first kappa shape index (κ1) is 12.3. The van der Waals surface area contributed by atoms with E-state index < -0.39 is 6.10 Å². The van der Waals surface area contributed by atoms with Gasteiger partial charge in [0, 0.05) is 31.5 Å². The standard InChI is InChI=1S/C13H20N2O2/c1-10(17)12-5-2-6-14-13(12)15-7-3-4-11(8-15)9-16/h2,5-6,10-11,16-17H,3-4,7-9H2,1H3. The van der Waals surface area contributed by atoms with E-state index in [0.717, 1.165) is 37.3 Å². The number of aliphatic hydroxyl groups excluding tert-OH is 2. The molecule has 2 rings (SSSR count).